The molecule has 2 aliphatic rings. The lowest BCUT2D eigenvalue weighted by Gasteiger charge is -2.44. The van der Waals surface area contributed by atoms with Gasteiger partial charge >= 0.3 is 0 Å². The Morgan fingerprint density at radius 2 is 1.90 bits per heavy atom. The second-order valence-corrected chi connectivity index (χ2v) is 8.32. The van der Waals surface area contributed by atoms with Crippen molar-refractivity contribution in [2.45, 2.75) is 38.0 Å². The number of benzene rings is 2. The molecule has 0 amide bonds. The summed E-state index contributed by atoms with van der Waals surface area (Å²) in [6, 6.07) is 15.9. The van der Waals surface area contributed by atoms with E-state index in [1.165, 1.54) is 11.1 Å². The van der Waals surface area contributed by atoms with E-state index in [4.69, 9.17) is 4.74 Å². The quantitative estimate of drug-likeness (QED) is 0.704. The molecule has 1 spiro atoms. The first-order valence-corrected chi connectivity index (χ1v) is 10.8. The smallest absolute Gasteiger partial charge is 0.126 e. The Kier molecular flexibility index (Phi) is 6.93. The van der Waals surface area contributed by atoms with Crippen molar-refractivity contribution in [1.29, 1.82) is 0 Å². The zero-order chi connectivity index (χ0) is 19.9. The largest absolute Gasteiger partial charge is 0.372 e. The topological polar surface area (TPSA) is 36.5 Å². The highest BCUT2D eigenvalue weighted by atomic mass is 19.1. The molecule has 5 heteroatoms. The van der Waals surface area contributed by atoms with Gasteiger partial charge in [0.2, 0.25) is 0 Å². The number of halogens is 1. The molecule has 0 saturated carbocycles. The molecule has 4 rings (SSSR count). The molecule has 0 bridgehead atoms. The van der Waals surface area contributed by atoms with E-state index in [9.17, 15) is 4.39 Å². The zero-order valence-electron chi connectivity index (χ0n) is 17.1. The van der Waals surface area contributed by atoms with Crippen LogP contribution in [-0.2, 0) is 24.2 Å². The number of hydrogen-bond acceptors (Lipinski definition) is 4. The van der Waals surface area contributed by atoms with Crippen molar-refractivity contribution in [3.8, 4) is 0 Å². The Balaban J connectivity index is 1.26. The second-order valence-electron chi connectivity index (χ2n) is 8.32. The third kappa shape index (κ3) is 5.64. The van der Waals surface area contributed by atoms with Gasteiger partial charge in [-0.3, -0.25) is 4.90 Å². The summed E-state index contributed by atoms with van der Waals surface area (Å²) in [5.74, 6) is -0.102. The fourth-order valence-corrected chi connectivity index (χ4v) is 4.37. The minimum Gasteiger partial charge on any atom is -0.372 e. The molecule has 0 unspecified atom stereocenters. The van der Waals surface area contributed by atoms with Crippen LogP contribution < -0.4 is 10.6 Å². The number of nitrogens with one attached hydrogen (secondary N) is 2. The van der Waals surface area contributed by atoms with Crippen molar-refractivity contribution in [1.82, 2.24) is 15.5 Å². The predicted octanol–water partition coefficient (Wildman–Crippen LogP) is 3.11. The van der Waals surface area contributed by atoms with Crippen LogP contribution in [0.3, 0.4) is 0 Å². The van der Waals surface area contributed by atoms with E-state index in [1.54, 1.807) is 6.07 Å². The molecule has 2 heterocycles. The summed E-state index contributed by atoms with van der Waals surface area (Å²) in [6.45, 7) is 7.29. The van der Waals surface area contributed by atoms with Crippen molar-refractivity contribution in [2.75, 3.05) is 39.3 Å². The minimum absolute atomic E-state index is 0.0349. The summed E-state index contributed by atoms with van der Waals surface area (Å²) in [4.78, 5) is 2.47. The second kappa shape index (κ2) is 9.81. The van der Waals surface area contributed by atoms with Crippen molar-refractivity contribution in [2.24, 2.45) is 0 Å². The molecule has 2 aromatic carbocycles. The van der Waals surface area contributed by atoms with Crippen molar-refractivity contribution in [3.63, 3.8) is 0 Å². The van der Waals surface area contributed by atoms with Crippen LogP contribution in [0.25, 0.3) is 0 Å². The van der Waals surface area contributed by atoms with E-state index >= 15 is 0 Å². The summed E-state index contributed by atoms with van der Waals surface area (Å²) in [5, 5.41) is 6.88. The molecule has 2 aromatic rings. The lowest BCUT2D eigenvalue weighted by molar-refractivity contribution is -0.100. The molecule has 2 fully saturated rings. The van der Waals surface area contributed by atoms with Crippen molar-refractivity contribution < 1.29 is 9.13 Å². The van der Waals surface area contributed by atoms with Crippen LogP contribution in [-0.4, -0.2) is 49.8 Å². The number of hydrogen-bond donors (Lipinski definition) is 2. The van der Waals surface area contributed by atoms with Gasteiger partial charge in [0, 0.05) is 39.3 Å². The number of piperidine rings is 1. The zero-order valence-corrected chi connectivity index (χ0v) is 17.1. The molecule has 0 aliphatic carbocycles. The van der Waals surface area contributed by atoms with Gasteiger partial charge in [-0.05, 0) is 48.6 Å². The van der Waals surface area contributed by atoms with Gasteiger partial charge in [0.05, 0.1) is 12.2 Å². The van der Waals surface area contributed by atoms with Crippen LogP contribution in [0.4, 0.5) is 4.39 Å². The van der Waals surface area contributed by atoms with Gasteiger partial charge in [0.1, 0.15) is 5.82 Å². The van der Waals surface area contributed by atoms with E-state index in [-0.39, 0.29) is 11.4 Å². The molecular weight excluding hydrogens is 365 g/mol. The number of nitrogens with zero attached hydrogens (tertiary/aromatic N) is 1. The molecule has 0 aromatic heterocycles. The van der Waals surface area contributed by atoms with Crippen LogP contribution >= 0.6 is 0 Å². The van der Waals surface area contributed by atoms with Crippen LogP contribution in [0.5, 0.6) is 0 Å². The van der Waals surface area contributed by atoms with Crippen molar-refractivity contribution >= 4 is 0 Å². The maximum absolute atomic E-state index is 14.3. The summed E-state index contributed by atoms with van der Waals surface area (Å²) >= 11 is 0. The van der Waals surface area contributed by atoms with Gasteiger partial charge in [0.25, 0.3) is 0 Å². The minimum atomic E-state index is -0.102. The summed E-state index contributed by atoms with van der Waals surface area (Å²) in [6.07, 6.45) is 2.84. The van der Waals surface area contributed by atoms with E-state index in [1.807, 2.05) is 30.3 Å². The van der Waals surface area contributed by atoms with Crippen molar-refractivity contribution in [3.05, 3.63) is 71.0 Å². The van der Waals surface area contributed by atoms with Gasteiger partial charge in [-0.1, -0.05) is 42.5 Å². The van der Waals surface area contributed by atoms with Gasteiger partial charge < -0.3 is 15.4 Å². The first kappa shape index (κ1) is 20.5. The highest BCUT2D eigenvalue weighted by molar-refractivity contribution is 5.25. The standard InChI is InChI=1S/C24H32FN3O/c25-23-7-6-21(16-22(23)8-11-26-17-20-4-2-1-3-5-20)18-28-13-9-24(10-14-28)19-27-12-15-29-24/h1-7,16,26-27H,8-15,17-19H2. The first-order valence-electron chi connectivity index (χ1n) is 10.8. The van der Waals surface area contributed by atoms with E-state index in [2.05, 4.69) is 27.7 Å². The molecule has 0 atom stereocenters. The third-order valence-electron chi connectivity index (χ3n) is 6.16. The fourth-order valence-electron chi connectivity index (χ4n) is 4.37. The Hall–Kier alpha value is -1.79. The number of ether oxygens (including phenoxy) is 1. The molecule has 2 saturated heterocycles. The Bertz CT molecular complexity index is 767. The van der Waals surface area contributed by atoms with Gasteiger partial charge in [0.15, 0.2) is 0 Å². The normalized spacial score (nSPS) is 19.5. The molecule has 0 radical (unpaired) electrons. The number of likely N-dealkylation sites (tertiary alicyclic amines) is 1. The number of rotatable bonds is 7. The molecule has 156 valence electrons. The predicted molar refractivity (Wildman–Crippen MR) is 114 cm³/mol. The highest BCUT2D eigenvalue weighted by Gasteiger charge is 2.36. The average molecular weight is 398 g/mol. The monoisotopic (exact) mass is 397 g/mol. The Morgan fingerprint density at radius 3 is 2.66 bits per heavy atom. The third-order valence-corrected chi connectivity index (χ3v) is 6.16. The van der Waals surface area contributed by atoms with Gasteiger partial charge in [-0.15, -0.1) is 0 Å². The lowest BCUT2D eigenvalue weighted by atomic mass is 9.90. The Morgan fingerprint density at radius 1 is 1.07 bits per heavy atom. The van der Waals surface area contributed by atoms with E-state index in [0.29, 0.717) is 6.42 Å². The van der Waals surface area contributed by atoms with Gasteiger partial charge in [-0.25, -0.2) is 4.39 Å². The van der Waals surface area contributed by atoms with Crippen LogP contribution in [0.2, 0.25) is 0 Å². The molecule has 2 N–H and O–H groups in total. The molecular formula is C24H32FN3O. The lowest BCUT2D eigenvalue weighted by Crippen LogP contribution is -2.55. The SMILES string of the molecule is Fc1ccc(CN2CCC3(CC2)CNCCO3)cc1CCNCc1ccccc1. The first-order chi connectivity index (χ1) is 14.2. The average Bonchev–Trinajstić information content (AvgIpc) is 2.76. The molecule has 2 aliphatic heterocycles. The van der Waals surface area contributed by atoms with Crippen LogP contribution in [0.15, 0.2) is 48.5 Å². The number of morpholine rings is 1. The molecule has 4 nitrogen and oxygen atoms in total. The summed E-state index contributed by atoms with van der Waals surface area (Å²) in [7, 11) is 0. The summed E-state index contributed by atoms with van der Waals surface area (Å²) < 4.78 is 20.4. The van der Waals surface area contributed by atoms with Crippen LogP contribution in [0.1, 0.15) is 29.5 Å². The Labute approximate surface area is 173 Å². The molecule has 29 heavy (non-hydrogen) atoms. The maximum Gasteiger partial charge on any atom is 0.126 e. The fraction of sp³-hybridized carbons (Fsp3) is 0.500. The van der Waals surface area contributed by atoms with Crippen LogP contribution in [0, 0.1) is 5.82 Å². The highest BCUT2D eigenvalue weighted by Crippen LogP contribution is 2.28. The summed E-state index contributed by atoms with van der Waals surface area (Å²) in [5.41, 5.74) is 3.29. The maximum atomic E-state index is 14.3. The van der Waals surface area contributed by atoms with E-state index in [0.717, 1.165) is 70.8 Å². The van der Waals surface area contributed by atoms with Gasteiger partial charge in [-0.2, -0.15) is 0 Å². The van der Waals surface area contributed by atoms with E-state index < -0.39 is 0 Å².